The second-order valence-corrected chi connectivity index (χ2v) is 8.05. The summed E-state index contributed by atoms with van der Waals surface area (Å²) < 4.78 is 1.60. The number of amides is 1. The number of hydrogen-bond acceptors (Lipinski definition) is 8. The van der Waals surface area contributed by atoms with Gasteiger partial charge in [0.2, 0.25) is 0 Å². The Morgan fingerprint density at radius 1 is 1.03 bits per heavy atom. The highest BCUT2D eigenvalue weighted by Crippen LogP contribution is 2.29. The molecular weight excluding hydrogens is 382 g/mol. The molecule has 10 heteroatoms. The molecule has 0 aliphatic heterocycles. The predicted molar refractivity (Wildman–Crippen MR) is 113 cm³/mol. The molecule has 3 heterocycles. The second-order valence-electron chi connectivity index (χ2n) is 8.05. The standard InChI is InChI=1S/C20H25N9O/c21-12-1-3-14(4-2-12)26-18-9-15(25-13-5-6-13)19-23-10-16(29(19)28-18)20(30)27-17-7-8-22-11-24-17/h7-14,25H,1-6,21H2,(H,26,28)(H,22,24,27,30)/t12-,14-. The number of hydrogen-bond donors (Lipinski definition) is 4. The molecule has 0 spiro atoms. The van der Waals surface area contributed by atoms with E-state index in [1.54, 1.807) is 23.0 Å². The van der Waals surface area contributed by atoms with Crippen LogP contribution in [0.2, 0.25) is 0 Å². The highest BCUT2D eigenvalue weighted by Gasteiger charge is 2.25. The topological polar surface area (TPSA) is 135 Å². The average Bonchev–Trinajstić information content (AvgIpc) is 3.46. The van der Waals surface area contributed by atoms with Crippen molar-refractivity contribution >= 4 is 28.9 Å². The van der Waals surface area contributed by atoms with E-state index in [0.717, 1.165) is 50.0 Å². The van der Waals surface area contributed by atoms with E-state index >= 15 is 0 Å². The van der Waals surface area contributed by atoms with Crippen LogP contribution in [0.15, 0.2) is 30.9 Å². The first kappa shape index (κ1) is 18.7. The van der Waals surface area contributed by atoms with Gasteiger partial charge < -0.3 is 21.7 Å². The summed E-state index contributed by atoms with van der Waals surface area (Å²) in [6.45, 7) is 0. The smallest absolute Gasteiger partial charge is 0.277 e. The van der Waals surface area contributed by atoms with Gasteiger partial charge in [0.15, 0.2) is 11.3 Å². The number of nitrogens with zero attached hydrogens (tertiary/aromatic N) is 5. The van der Waals surface area contributed by atoms with Gasteiger partial charge in [0.25, 0.3) is 5.91 Å². The maximum absolute atomic E-state index is 12.8. The molecule has 0 atom stereocenters. The van der Waals surface area contributed by atoms with Crippen molar-refractivity contribution in [1.82, 2.24) is 24.6 Å². The third-order valence-electron chi connectivity index (χ3n) is 5.58. The van der Waals surface area contributed by atoms with Crippen molar-refractivity contribution in [3.8, 4) is 0 Å². The number of fused-ring (bicyclic) bond motifs is 1. The molecule has 3 aromatic rings. The van der Waals surface area contributed by atoms with E-state index in [-0.39, 0.29) is 11.9 Å². The van der Waals surface area contributed by atoms with Gasteiger partial charge in [-0.1, -0.05) is 0 Å². The van der Waals surface area contributed by atoms with Crippen LogP contribution in [0.5, 0.6) is 0 Å². The molecule has 156 valence electrons. The minimum Gasteiger partial charge on any atom is -0.379 e. The molecule has 0 unspecified atom stereocenters. The van der Waals surface area contributed by atoms with E-state index < -0.39 is 0 Å². The summed E-state index contributed by atoms with van der Waals surface area (Å²) in [7, 11) is 0. The number of imidazole rings is 1. The molecule has 0 aromatic carbocycles. The van der Waals surface area contributed by atoms with Gasteiger partial charge in [-0.3, -0.25) is 4.79 Å². The van der Waals surface area contributed by atoms with Gasteiger partial charge in [0.05, 0.1) is 11.9 Å². The molecule has 30 heavy (non-hydrogen) atoms. The summed E-state index contributed by atoms with van der Waals surface area (Å²) in [5, 5.41) is 14.5. The number of aromatic nitrogens is 5. The van der Waals surface area contributed by atoms with E-state index in [1.807, 2.05) is 6.07 Å². The molecule has 1 amide bonds. The van der Waals surface area contributed by atoms with Gasteiger partial charge in [-0.05, 0) is 44.6 Å². The molecule has 0 bridgehead atoms. The highest BCUT2D eigenvalue weighted by atomic mass is 16.2. The molecule has 5 rings (SSSR count). The summed E-state index contributed by atoms with van der Waals surface area (Å²) in [4.78, 5) is 25.2. The van der Waals surface area contributed by atoms with E-state index in [0.29, 0.717) is 29.2 Å². The SMILES string of the molecule is N[C@H]1CC[C@H](Nc2cc(NC3CC3)c3ncc(C(=O)Nc4ccncn4)n3n2)CC1. The lowest BCUT2D eigenvalue weighted by Gasteiger charge is -2.27. The largest absolute Gasteiger partial charge is 0.379 e. The Balaban J connectivity index is 1.45. The van der Waals surface area contributed by atoms with Crippen LogP contribution in [-0.2, 0) is 0 Å². The molecule has 2 aliphatic rings. The molecule has 0 radical (unpaired) electrons. The van der Waals surface area contributed by atoms with Crippen molar-refractivity contribution in [2.24, 2.45) is 5.73 Å². The number of nitrogens with two attached hydrogens (primary N) is 1. The normalized spacial score (nSPS) is 21.4. The third-order valence-corrected chi connectivity index (χ3v) is 5.58. The fourth-order valence-electron chi connectivity index (χ4n) is 3.77. The lowest BCUT2D eigenvalue weighted by atomic mass is 9.92. The number of nitrogens with one attached hydrogen (secondary N) is 3. The van der Waals surface area contributed by atoms with Crippen LogP contribution in [-0.4, -0.2) is 48.6 Å². The van der Waals surface area contributed by atoms with Gasteiger partial charge in [-0.15, -0.1) is 5.10 Å². The van der Waals surface area contributed by atoms with Crippen LogP contribution in [0.3, 0.4) is 0 Å². The van der Waals surface area contributed by atoms with Crippen LogP contribution >= 0.6 is 0 Å². The Labute approximate surface area is 173 Å². The average molecular weight is 407 g/mol. The quantitative estimate of drug-likeness (QED) is 0.487. The van der Waals surface area contributed by atoms with E-state index in [2.05, 4.69) is 36.0 Å². The van der Waals surface area contributed by atoms with Crippen molar-refractivity contribution in [2.75, 3.05) is 16.0 Å². The highest BCUT2D eigenvalue weighted by molar-refractivity contribution is 6.03. The van der Waals surface area contributed by atoms with Gasteiger partial charge in [-0.25, -0.2) is 19.5 Å². The molecule has 2 saturated carbocycles. The molecule has 2 aliphatic carbocycles. The van der Waals surface area contributed by atoms with Gasteiger partial charge >= 0.3 is 0 Å². The Morgan fingerprint density at radius 3 is 2.53 bits per heavy atom. The first-order valence-electron chi connectivity index (χ1n) is 10.4. The van der Waals surface area contributed by atoms with E-state index in [4.69, 9.17) is 5.73 Å². The number of carbonyl (C=O) groups is 1. The van der Waals surface area contributed by atoms with Crippen molar-refractivity contribution < 1.29 is 4.79 Å². The minimum atomic E-state index is -0.327. The number of rotatable bonds is 6. The zero-order valence-corrected chi connectivity index (χ0v) is 16.6. The summed E-state index contributed by atoms with van der Waals surface area (Å²) in [6.07, 6.45) is 10.8. The maximum Gasteiger partial charge on any atom is 0.277 e. The van der Waals surface area contributed by atoms with Crippen LogP contribution < -0.4 is 21.7 Å². The van der Waals surface area contributed by atoms with Crippen LogP contribution in [0, 0.1) is 0 Å². The summed E-state index contributed by atoms with van der Waals surface area (Å²) in [5.41, 5.74) is 7.89. The third kappa shape index (κ3) is 4.04. The number of anilines is 3. The van der Waals surface area contributed by atoms with E-state index in [1.165, 1.54) is 6.33 Å². The minimum absolute atomic E-state index is 0.288. The first-order valence-corrected chi connectivity index (χ1v) is 10.4. The fourth-order valence-corrected chi connectivity index (χ4v) is 3.77. The zero-order chi connectivity index (χ0) is 20.5. The molecule has 10 nitrogen and oxygen atoms in total. The first-order chi connectivity index (χ1) is 14.7. The van der Waals surface area contributed by atoms with Crippen molar-refractivity contribution in [1.29, 1.82) is 0 Å². The van der Waals surface area contributed by atoms with Crippen molar-refractivity contribution in [3.63, 3.8) is 0 Å². The molecule has 3 aromatic heterocycles. The van der Waals surface area contributed by atoms with Gasteiger partial charge in [0, 0.05) is 30.4 Å². The van der Waals surface area contributed by atoms with Crippen molar-refractivity contribution in [2.45, 2.75) is 56.7 Å². The lowest BCUT2D eigenvalue weighted by molar-refractivity contribution is 0.102. The molecule has 5 N–H and O–H groups in total. The van der Waals surface area contributed by atoms with Crippen LogP contribution in [0.25, 0.3) is 5.65 Å². The zero-order valence-electron chi connectivity index (χ0n) is 16.6. The van der Waals surface area contributed by atoms with Gasteiger partial charge in [-0.2, -0.15) is 0 Å². The summed E-state index contributed by atoms with van der Waals surface area (Å²) in [6, 6.07) is 4.69. The number of carbonyl (C=O) groups excluding carboxylic acids is 1. The van der Waals surface area contributed by atoms with Crippen LogP contribution in [0.1, 0.15) is 49.0 Å². The Bertz CT molecular complexity index is 1040. The Hall–Kier alpha value is -3.27. The molecule has 0 saturated heterocycles. The maximum atomic E-state index is 12.8. The molecule has 2 fully saturated rings. The Kier molecular flexibility index (Phi) is 4.91. The van der Waals surface area contributed by atoms with Gasteiger partial charge in [0.1, 0.15) is 18.0 Å². The van der Waals surface area contributed by atoms with E-state index in [9.17, 15) is 4.79 Å². The second kappa shape index (κ2) is 7.86. The lowest BCUT2D eigenvalue weighted by Crippen LogP contribution is -2.33. The van der Waals surface area contributed by atoms with Crippen molar-refractivity contribution in [3.05, 3.63) is 36.5 Å². The molecular formula is C20H25N9O. The summed E-state index contributed by atoms with van der Waals surface area (Å²) >= 11 is 0. The van der Waals surface area contributed by atoms with Crippen LogP contribution in [0.4, 0.5) is 17.3 Å². The monoisotopic (exact) mass is 407 g/mol. The predicted octanol–water partition coefficient (Wildman–Crippen LogP) is 2.03. The fraction of sp³-hybridized carbons (Fsp3) is 0.450. The Morgan fingerprint density at radius 2 is 1.80 bits per heavy atom. The summed E-state index contributed by atoms with van der Waals surface area (Å²) in [5.74, 6) is 0.821.